The minimum atomic E-state index is -1.14. The Bertz CT molecular complexity index is 2740. The average molecular weight is 913 g/mol. The van der Waals surface area contributed by atoms with E-state index in [4.69, 9.17) is 22.1 Å². The van der Waals surface area contributed by atoms with Gasteiger partial charge in [-0.25, -0.2) is 9.59 Å². The summed E-state index contributed by atoms with van der Waals surface area (Å²) in [6, 6.07) is 16.5. The van der Waals surface area contributed by atoms with Gasteiger partial charge in [-0.05, 0) is 61.4 Å². The standard InChI is InChI=1S/C20H14N4O8.C13H11N3O4.C7H4ClNO4/c25-15-9-8-14(17(26)22-15)23-18(27)12-2-1-3-13(16(12)19(23)28)21-20(29)32-11-6-4-10(5-7-11)24(30)31;14-7-3-1-2-6-10(7)13(20)16(12(6)19)8-4-5-9(17)15-11(8)18;8-7(10)13-6-3-1-5(2-4-6)9(11)12/h1-7,14H,8-9H2,(H,21,29)(H,22,25,26);1-3,8H,4-5,14H2,(H,15,17,18);1-4H. The lowest BCUT2D eigenvalue weighted by Crippen LogP contribution is -2.54. The SMILES string of the molecule is Nc1cccc2c1C(=O)N(C1CCC(=O)NC1=O)C2=O.O=C(Cl)Oc1ccc([N+](=O)[O-])cc1.O=C1CCC(N2C(=O)c3cccc(NC(=O)Oc4ccc([N+](=O)[O-])cc4)c3C2=O)C(=O)N1. The summed E-state index contributed by atoms with van der Waals surface area (Å²) in [6.45, 7) is 0. The number of anilines is 2. The molecule has 2 saturated heterocycles. The van der Waals surface area contributed by atoms with Gasteiger partial charge in [-0.1, -0.05) is 12.1 Å². The zero-order valence-electron chi connectivity index (χ0n) is 32.8. The molecule has 65 heavy (non-hydrogen) atoms. The lowest BCUT2D eigenvalue weighted by atomic mass is 10.0. The maximum Gasteiger partial charge on any atom is 0.417 e. The van der Waals surface area contributed by atoms with Crippen molar-refractivity contribution in [3.8, 4) is 11.5 Å². The number of carbonyl (C=O) groups is 10. The number of nitrogens with two attached hydrogens (primary N) is 1. The normalized spacial score (nSPS) is 17.3. The summed E-state index contributed by atoms with van der Waals surface area (Å²) in [5.74, 6) is -4.71. The van der Waals surface area contributed by atoms with Crippen LogP contribution in [-0.4, -0.2) is 90.5 Å². The molecule has 2 fully saturated rings. The fourth-order valence-corrected chi connectivity index (χ4v) is 6.86. The van der Waals surface area contributed by atoms with Gasteiger partial charge in [0, 0.05) is 54.4 Å². The van der Waals surface area contributed by atoms with E-state index in [2.05, 4.69) is 20.7 Å². The number of imide groups is 4. The van der Waals surface area contributed by atoms with Crippen molar-refractivity contribution < 1.29 is 67.3 Å². The Hall–Kier alpha value is -8.93. The van der Waals surface area contributed by atoms with Crippen LogP contribution in [0.5, 0.6) is 11.5 Å². The number of non-ortho nitro benzene ring substituents is 2. The Labute approximate surface area is 367 Å². The van der Waals surface area contributed by atoms with Crippen LogP contribution in [-0.2, 0) is 19.2 Å². The van der Waals surface area contributed by atoms with Crippen molar-refractivity contribution in [1.29, 1.82) is 0 Å². The lowest BCUT2D eigenvalue weighted by molar-refractivity contribution is -0.385. The number of amides is 9. The van der Waals surface area contributed by atoms with Crippen LogP contribution in [0.4, 0.5) is 32.3 Å². The van der Waals surface area contributed by atoms with Crippen LogP contribution >= 0.6 is 11.6 Å². The monoisotopic (exact) mass is 912 g/mol. The number of nitrogens with one attached hydrogen (secondary N) is 3. The van der Waals surface area contributed by atoms with Crippen molar-refractivity contribution in [3.63, 3.8) is 0 Å². The molecule has 4 aromatic rings. The maximum atomic E-state index is 13.0. The van der Waals surface area contributed by atoms with E-state index >= 15 is 0 Å². The number of nitrogens with zero attached hydrogens (tertiary/aromatic N) is 4. The maximum absolute atomic E-state index is 13.0. The van der Waals surface area contributed by atoms with Crippen molar-refractivity contribution >= 4 is 93.1 Å². The van der Waals surface area contributed by atoms with Crippen molar-refractivity contribution in [3.05, 3.63) is 127 Å². The second-order valence-electron chi connectivity index (χ2n) is 13.7. The minimum absolute atomic E-state index is 0.00107. The minimum Gasteiger partial charge on any atom is -0.414 e. The van der Waals surface area contributed by atoms with Crippen LogP contribution in [0.15, 0.2) is 84.9 Å². The topological polar surface area (TPSA) is 344 Å². The lowest BCUT2D eigenvalue weighted by Gasteiger charge is -2.27. The van der Waals surface area contributed by atoms with E-state index < -0.39 is 80.7 Å². The number of ether oxygens (including phenoxy) is 2. The smallest absolute Gasteiger partial charge is 0.414 e. The summed E-state index contributed by atoms with van der Waals surface area (Å²) < 4.78 is 9.52. The van der Waals surface area contributed by atoms with Gasteiger partial charge < -0.3 is 15.2 Å². The molecule has 4 aromatic carbocycles. The zero-order chi connectivity index (χ0) is 47.3. The van der Waals surface area contributed by atoms with Gasteiger partial charge in [0.25, 0.3) is 35.0 Å². The molecule has 9 amide bonds. The summed E-state index contributed by atoms with van der Waals surface area (Å²) >= 11 is 4.92. The molecule has 332 valence electrons. The first kappa shape index (κ1) is 45.6. The molecule has 24 nitrogen and oxygen atoms in total. The van der Waals surface area contributed by atoms with Gasteiger partial charge in [-0.15, -0.1) is 0 Å². The number of piperidine rings is 2. The predicted octanol–water partition coefficient (Wildman–Crippen LogP) is 3.61. The fourth-order valence-electron chi connectivity index (χ4n) is 6.77. The number of carbonyl (C=O) groups excluding carboxylic acids is 10. The highest BCUT2D eigenvalue weighted by molar-refractivity contribution is 6.61. The number of hydrogen-bond donors (Lipinski definition) is 4. The summed E-state index contributed by atoms with van der Waals surface area (Å²) in [4.78, 5) is 141. The Morgan fingerprint density at radius 1 is 0.631 bits per heavy atom. The first-order chi connectivity index (χ1) is 30.9. The number of nitro benzene ring substituents is 2. The van der Waals surface area contributed by atoms with Gasteiger partial charge >= 0.3 is 11.5 Å². The summed E-state index contributed by atoms with van der Waals surface area (Å²) in [7, 11) is 0. The largest absolute Gasteiger partial charge is 0.417 e. The highest BCUT2D eigenvalue weighted by atomic mass is 35.5. The third-order valence-corrected chi connectivity index (χ3v) is 9.79. The number of nitro groups is 2. The van der Waals surface area contributed by atoms with E-state index in [1.165, 1.54) is 66.7 Å². The Kier molecular flexibility index (Phi) is 13.3. The van der Waals surface area contributed by atoms with E-state index in [0.29, 0.717) is 0 Å². The molecule has 2 unspecified atom stereocenters. The van der Waals surface area contributed by atoms with Crippen LogP contribution in [0.3, 0.4) is 0 Å². The van der Waals surface area contributed by atoms with Crippen molar-refractivity contribution in [2.24, 2.45) is 0 Å². The molecule has 2 atom stereocenters. The summed E-state index contributed by atoms with van der Waals surface area (Å²) in [6.07, 6.45) is -0.778. The predicted molar refractivity (Wildman–Crippen MR) is 218 cm³/mol. The van der Waals surface area contributed by atoms with Gasteiger partial charge in [0.15, 0.2) is 0 Å². The van der Waals surface area contributed by atoms with Gasteiger partial charge in [-0.3, -0.25) is 84.3 Å². The molecular formula is C40H29ClN8O16. The van der Waals surface area contributed by atoms with Crippen LogP contribution in [0.2, 0.25) is 0 Å². The molecule has 4 heterocycles. The quantitative estimate of drug-likeness (QED) is 0.0676. The van der Waals surface area contributed by atoms with Crippen LogP contribution in [0.1, 0.15) is 67.1 Å². The van der Waals surface area contributed by atoms with Gasteiger partial charge in [0.1, 0.15) is 23.6 Å². The molecular weight excluding hydrogens is 884 g/mol. The number of hydrogen-bond acceptors (Lipinski definition) is 17. The van der Waals surface area contributed by atoms with E-state index in [9.17, 15) is 68.2 Å². The molecule has 0 radical (unpaired) electrons. The van der Waals surface area contributed by atoms with Gasteiger partial charge in [-0.2, -0.15) is 0 Å². The first-order valence-corrected chi connectivity index (χ1v) is 19.0. The van der Waals surface area contributed by atoms with Crippen molar-refractivity contribution in [1.82, 2.24) is 20.4 Å². The van der Waals surface area contributed by atoms with Crippen molar-refractivity contribution in [2.75, 3.05) is 11.1 Å². The highest BCUT2D eigenvalue weighted by Gasteiger charge is 2.47. The van der Waals surface area contributed by atoms with Gasteiger partial charge in [0.2, 0.25) is 23.6 Å². The molecule has 0 aliphatic carbocycles. The Balaban J connectivity index is 0.000000180. The Morgan fingerprint density at radius 3 is 1.49 bits per heavy atom. The highest BCUT2D eigenvalue weighted by Crippen LogP contribution is 2.33. The number of benzene rings is 4. The van der Waals surface area contributed by atoms with Crippen LogP contribution in [0.25, 0.3) is 0 Å². The third-order valence-electron chi connectivity index (χ3n) is 9.71. The molecule has 8 rings (SSSR count). The summed E-state index contributed by atoms with van der Waals surface area (Å²) in [5.41, 5.74) is 4.88. The van der Waals surface area contributed by atoms with E-state index in [0.717, 1.165) is 21.9 Å². The second kappa shape index (κ2) is 19.0. The molecule has 4 aliphatic heterocycles. The number of nitrogen functional groups attached to an aromatic ring is 1. The number of halogens is 1. The van der Waals surface area contributed by atoms with Crippen LogP contribution in [0, 0.1) is 20.2 Å². The fraction of sp³-hybridized carbons (Fsp3) is 0.150. The van der Waals surface area contributed by atoms with E-state index in [1.54, 1.807) is 6.07 Å². The molecule has 0 aromatic heterocycles. The van der Waals surface area contributed by atoms with Gasteiger partial charge in [0.05, 0.1) is 37.8 Å². The van der Waals surface area contributed by atoms with Crippen molar-refractivity contribution in [2.45, 2.75) is 37.8 Å². The molecule has 25 heteroatoms. The molecule has 4 aliphatic rings. The first-order valence-electron chi connectivity index (χ1n) is 18.7. The number of fused-ring (bicyclic) bond motifs is 2. The van der Waals surface area contributed by atoms with E-state index in [-0.39, 0.29) is 82.2 Å². The summed E-state index contributed by atoms with van der Waals surface area (Å²) in [5, 5.41) is 27.5. The second-order valence-corrected chi connectivity index (χ2v) is 14.1. The zero-order valence-corrected chi connectivity index (χ0v) is 33.6. The molecule has 0 saturated carbocycles. The number of rotatable bonds is 7. The third kappa shape index (κ3) is 9.92. The molecule has 0 bridgehead atoms. The Morgan fingerprint density at radius 2 is 1.06 bits per heavy atom. The molecule has 0 spiro atoms. The molecule has 5 N–H and O–H groups in total. The van der Waals surface area contributed by atoms with Crippen LogP contribution < -0.4 is 31.2 Å². The van der Waals surface area contributed by atoms with E-state index in [1.807, 2.05) is 0 Å². The average Bonchev–Trinajstić information content (AvgIpc) is 3.66.